The molecule has 7 nitrogen and oxygen atoms in total. The average molecular weight is 525 g/mol. The maximum atomic E-state index is 13.7. The summed E-state index contributed by atoms with van der Waals surface area (Å²) in [5, 5.41) is 13.6. The molecule has 0 amide bonds. The number of halogens is 2. The number of nitriles is 1. The van der Waals surface area contributed by atoms with E-state index in [1.165, 1.54) is 31.2 Å². The second kappa shape index (κ2) is 11.1. The molecule has 2 saturated heterocycles. The van der Waals surface area contributed by atoms with Crippen LogP contribution in [0, 0.1) is 22.6 Å². The Bertz CT molecular complexity index is 1320. The fourth-order valence-corrected chi connectivity index (χ4v) is 5.10. The van der Waals surface area contributed by atoms with Gasteiger partial charge in [0, 0.05) is 35.3 Å². The minimum absolute atomic E-state index is 0.00517. The monoisotopic (exact) mass is 524 g/mol. The molecule has 0 radical (unpaired) electrons. The Morgan fingerprint density at radius 1 is 1.19 bits per heavy atom. The molecule has 2 aliphatic rings. The van der Waals surface area contributed by atoms with Crippen LogP contribution in [0.15, 0.2) is 36.5 Å². The van der Waals surface area contributed by atoms with Crippen LogP contribution in [0.25, 0.3) is 10.9 Å². The number of nitrogens with one attached hydrogen (secondary N) is 1. The molecule has 1 N–H and O–H groups in total. The van der Waals surface area contributed by atoms with Gasteiger partial charge in [-0.15, -0.1) is 0 Å². The first-order valence-electron chi connectivity index (χ1n) is 12.6. The van der Waals surface area contributed by atoms with Crippen molar-refractivity contribution in [3.63, 3.8) is 0 Å². The number of likely N-dealkylation sites (tertiary alicyclic amines) is 1. The lowest BCUT2D eigenvalue weighted by atomic mass is 9.77. The highest BCUT2D eigenvalue weighted by atomic mass is 35.5. The van der Waals surface area contributed by atoms with E-state index in [0.29, 0.717) is 58.0 Å². The number of hydrogen-bond donors (Lipinski definition) is 1. The predicted octanol–water partition coefficient (Wildman–Crippen LogP) is 5.92. The third-order valence-corrected chi connectivity index (χ3v) is 7.44. The molecular formula is C28H30ClFN4O3. The van der Waals surface area contributed by atoms with Crippen molar-refractivity contribution in [3.8, 4) is 17.6 Å². The van der Waals surface area contributed by atoms with Gasteiger partial charge in [0.25, 0.3) is 0 Å². The van der Waals surface area contributed by atoms with E-state index in [1.807, 2.05) is 19.1 Å². The quantitative estimate of drug-likeness (QED) is 0.348. The molecule has 194 valence electrons. The molecule has 2 aliphatic heterocycles. The molecule has 3 heterocycles. The molecule has 5 rings (SSSR count). The normalized spacial score (nSPS) is 16.8. The maximum Gasteiger partial charge on any atom is 0.163 e. The molecule has 2 fully saturated rings. The summed E-state index contributed by atoms with van der Waals surface area (Å²) < 4.78 is 31.1. The van der Waals surface area contributed by atoms with Crippen molar-refractivity contribution in [2.24, 2.45) is 5.41 Å². The van der Waals surface area contributed by atoms with Crippen LogP contribution >= 0.6 is 11.6 Å². The summed E-state index contributed by atoms with van der Waals surface area (Å²) in [4.78, 5) is 6.95. The number of aromatic nitrogens is 1. The average Bonchev–Trinajstić information content (AvgIpc) is 2.89. The number of ether oxygens (including phenoxy) is 3. The lowest BCUT2D eigenvalue weighted by Gasteiger charge is -2.47. The van der Waals surface area contributed by atoms with Gasteiger partial charge in [0.05, 0.1) is 48.2 Å². The Hall–Kier alpha value is -3.12. The summed E-state index contributed by atoms with van der Waals surface area (Å²) >= 11 is 5.97. The summed E-state index contributed by atoms with van der Waals surface area (Å²) in [5.74, 6) is 0.689. The zero-order valence-corrected chi connectivity index (χ0v) is 21.6. The van der Waals surface area contributed by atoms with Crippen molar-refractivity contribution in [1.29, 1.82) is 5.26 Å². The second-order valence-corrected chi connectivity index (χ2v) is 10.1. The summed E-state index contributed by atoms with van der Waals surface area (Å²) in [7, 11) is 0. The topological polar surface area (TPSA) is 79.6 Å². The van der Waals surface area contributed by atoms with Gasteiger partial charge in [0.15, 0.2) is 11.5 Å². The highest BCUT2D eigenvalue weighted by Gasteiger charge is 2.40. The molecule has 9 heteroatoms. The number of benzene rings is 2. The molecule has 1 spiro atoms. The molecule has 0 unspecified atom stereocenters. The van der Waals surface area contributed by atoms with Crippen LogP contribution in [0.5, 0.6) is 11.5 Å². The van der Waals surface area contributed by atoms with Crippen LogP contribution < -0.4 is 14.8 Å². The van der Waals surface area contributed by atoms with E-state index in [2.05, 4.69) is 21.3 Å². The third-order valence-electron chi connectivity index (χ3n) is 7.15. The number of anilines is 2. The highest BCUT2D eigenvalue weighted by molar-refractivity contribution is 6.31. The van der Waals surface area contributed by atoms with E-state index >= 15 is 0 Å². The fraction of sp³-hybridized carbons (Fsp3) is 0.429. The number of rotatable bonds is 9. The Balaban J connectivity index is 1.33. The summed E-state index contributed by atoms with van der Waals surface area (Å²) in [5.41, 5.74) is 2.54. The number of pyridine rings is 1. The van der Waals surface area contributed by atoms with E-state index in [0.717, 1.165) is 39.3 Å². The van der Waals surface area contributed by atoms with Gasteiger partial charge in [-0.05, 0) is 63.5 Å². The van der Waals surface area contributed by atoms with Gasteiger partial charge in [-0.1, -0.05) is 11.6 Å². The molecule has 0 aliphatic carbocycles. The number of piperidine rings is 1. The smallest absolute Gasteiger partial charge is 0.163 e. The van der Waals surface area contributed by atoms with Gasteiger partial charge in [0.2, 0.25) is 0 Å². The first-order valence-corrected chi connectivity index (χ1v) is 13.0. The Morgan fingerprint density at radius 2 is 1.97 bits per heavy atom. The Labute approximate surface area is 221 Å². The molecular weight excluding hydrogens is 495 g/mol. The summed E-state index contributed by atoms with van der Waals surface area (Å²) in [6.45, 7) is 7.96. The predicted molar refractivity (Wildman–Crippen MR) is 141 cm³/mol. The molecule has 0 atom stereocenters. The van der Waals surface area contributed by atoms with Gasteiger partial charge in [0.1, 0.15) is 11.9 Å². The van der Waals surface area contributed by atoms with Gasteiger partial charge in [-0.2, -0.15) is 5.26 Å². The number of nitrogens with zero attached hydrogens (tertiary/aromatic N) is 3. The number of fused-ring (bicyclic) bond motifs is 1. The maximum absolute atomic E-state index is 13.7. The first kappa shape index (κ1) is 25.5. The standard InChI is InChI=1S/C28H30ClFN4O3/c1-2-36-26-14-24-21(27(19(15-31)16-32-24)33-20-4-5-23(30)22(29)12-20)13-25(26)37-11-3-8-34-9-6-28(7-10-34)17-35-18-28/h4-5,12-14,16H,2-3,6-11,17-18H2,1H3,(H,32,33). The molecule has 1 aromatic heterocycles. The van der Waals surface area contributed by atoms with Gasteiger partial charge in [-0.3, -0.25) is 4.98 Å². The van der Waals surface area contributed by atoms with E-state index < -0.39 is 5.82 Å². The van der Waals surface area contributed by atoms with Gasteiger partial charge >= 0.3 is 0 Å². The van der Waals surface area contributed by atoms with E-state index in [9.17, 15) is 9.65 Å². The molecule has 0 bridgehead atoms. The third kappa shape index (κ3) is 5.59. The lowest BCUT2D eigenvalue weighted by molar-refractivity contribution is -0.139. The van der Waals surface area contributed by atoms with E-state index in [4.69, 9.17) is 25.8 Å². The van der Waals surface area contributed by atoms with E-state index in [1.54, 1.807) is 6.07 Å². The second-order valence-electron chi connectivity index (χ2n) is 9.70. The molecule has 0 saturated carbocycles. The van der Waals surface area contributed by atoms with Crippen LogP contribution in [0.1, 0.15) is 31.7 Å². The minimum atomic E-state index is -0.509. The summed E-state index contributed by atoms with van der Waals surface area (Å²) in [6, 6.07) is 10.2. The van der Waals surface area contributed by atoms with Crippen molar-refractivity contribution < 1.29 is 18.6 Å². The zero-order chi connectivity index (χ0) is 25.8. The Kier molecular flexibility index (Phi) is 7.65. The molecule has 2 aromatic carbocycles. The van der Waals surface area contributed by atoms with Crippen LogP contribution in [-0.2, 0) is 4.74 Å². The summed E-state index contributed by atoms with van der Waals surface area (Å²) in [6.07, 6.45) is 4.81. The zero-order valence-electron chi connectivity index (χ0n) is 20.9. The number of hydrogen-bond acceptors (Lipinski definition) is 7. The van der Waals surface area contributed by atoms with Crippen LogP contribution in [0.4, 0.5) is 15.8 Å². The van der Waals surface area contributed by atoms with Crippen molar-refractivity contribution in [2.45, 2.75) is 26.2 Å². The lowest BCUT2D eigenvalue weighted by Crippen LogP contribution is -2.51. The van der Waals surface area contributed by atoms with Crippen molar-refractivity contribution >= 4 is 33.9 Å². The largest absolute Gasteiger partial charge is 0.490 e. The molecule has 3 aromatic rings. The van der Waals surface area contributed by atoms with Gasteiger partial charge in [-0.25, -0.2) is 4.39 Å². The van der Waals surface area contributed by atoms with Crippen molar-refractivity contribution in [1.82, 2.24) is 9.88 Å². The fourth-order valence-electron chi connectivity index (χ4n) is 4.92. The highest BCUT2D eigenvalue weighted by Crippen LogP contribution is 2.39. The molecule has 37 heavy (non-hydrogen) atoms. The van der Waals surface area contributed by atoms with Gasteiger partial charge < -0.3 is 24.4 Å². The Morgan fingerprint density at radius 3 is 2.65 bits per heavy atom. The van der Waals surface area contributed by atoms with Crippen LogP contribution in [-0.4, -0.2) is 55.9 Å². The van der Waals surface area contributed by atoms with E-state index in [-0.39, 0.29) is 5.02 Å². The van der Waals surface area contributed by atoms with Crippen molar-refractivity contribution in [2.75, 3.05) is 51.4 Å². The van der Waals surface area contributed by atoms with Crippen LogP contribution in [0.3, 0.4) is 0 Å². The van der Waals surface area contributed by atoms with Crippen LogP contribution in [0.2, 0.25) is 5.02 Å². The van der Waals surface area contributed by atoms with Crippen molar-refractivity contribution in [3.05, 3.63) is 52.9 Å². The first-order chi connectivity index (χ1) is 18.0. The minimum Gasteiger partial charge on any atom is -0.490 e. The SMILES string of the molecule is CCOc1cc2ncc(C#N)c(Nc3ccc(F)c(Cl)c3)c2cc1OCCCN1CCC2(CC1)COC2.